The molecule has 0 saturated heterocycles. The number of ether oxygens (including phenoxy) is 2. The number of aliphatic imine (C=N–C) groups is 1. The SMILES string of the molecule is [N-]=[N+]=Nc1ccccc1C[C@]1(C(=O)NNCCc2ccccc2)N=C(c2ccc(OCCCO)cc2)O[C@H]1c1ccccc1. The highest BCUT2D eigenvalue weighted by atomic mass is 16.5. The average molecular weight is 591 g/mol. The Morgan fingerprint density at radius 3 is 2.41 bits per heavy atom. The number of nitrogens with zero attached hydrogens (tertiary/aromatic N) is 4. The molecule has 44 heavy (non-hydrogen) atoms. The van der Waals surface area contributed by atoms with Crippen molar-refractivity contribution in [2.75, 3.05) is 19.8 Å². The first-order valence-electron chi connectivity index (χ1n) is 14.5. The van der Waals surface area contributed by atoms with Gasteiger partial charge in [-0.25, -0.2) is 10.4 Å². The van der Waals surface area contributed by atoms with E-state index in [4.69, 9.17) is 19.6 Å². The molecule has 10 heteroatoms. The third-order valence-corrected chi connectivity index (χ3v) is 7.32. The lowest BCUT2D eigenvalue weighted by Crippen LogP contribution is -2.54. The molecule has 1 amide bonds. The Morgan fingerprint density at radius 2 is 1.68 bits per heavy atom. The van der Waals surface area contributed by atoms with Gasteiger partial charge < -0.3 is 14.6 Å². The summed E-state index contributed by atoms with van der Waals surface area (Å²) in [5.74, 6) is 0.575. The van der Waals surface area contributed by atoms with Crippen molar-refractivity contribution < 1.29 is 19.4 Å². The van der Waals surface area contributed by atoms with Crippen LogP contribution in [0.5, 0.6) is 5.75 Å². The molecule has 1 aliphatic heterocycles. The molecule has 1 heterocycles. The van der Waals surface area contributed by atoms with Crippen molar-refractivity contribution in [3.05, 3.63) is 142 Å². The summed E-state index contributed by atoms with van der Waals surface area (Å²) in [5.41, 5.74) is 17.4. The van der Waals surface area contributed by atoms with Gasteiger partial charge in [-0.05, 0) is 52.9 Å². The Hall–Kier alpha value is -5.15. The maximum Gasteiger partial charge on any atom is 0.266 e. The molecule has 4 aromatic rings. The predicted octanol–water partition coefficient (Wildman–Crippen LogP) is 5.75. The summed E-state index contributed by atoms with van der Waals surface area (Å²) >= 11 is 0. The van der Waals surface area contributed by atoms with Gasteiger partial charge in [0.15, 0.2) is 11.6 Å². The van der Waals surface area contributed by atoms with Crippen molar-refractivity contribution in [2.45, 2.75) is 30.9 Å². The molecule has 4 aromatic carbocycles. The van der Waals surface area contributed by atoms with Gasteiger partial charge in [0.25, 0.3) is 5.91 Å². The van der Waals surface area contributed by atoms with Crippen molar-refractivity contribution in [1.29, 1.82) is 0 Å². The number of benzene rings is 4. The van der Waals surface area contributed by atoms with E-state index in [-0.39, 0.29) is 18.9 Å². The monoisotopic (exact) mass is 590 g/mol. The second-order valence-corrected chi connectivity index (χ2v) is 10.3. The molecule has 0 aromatic heterocycles. The Morgan fingerprint density at radius 1 is 0.977 bits per heavy atom. The summed E-state index contributed by atoms with van der Waals surface area (Å²) in [6.07, 6.45) is 0.576. The Kier molecular flexibility index (Phi) is 10.2. The molecule has 3 N–H and O–H groups in total. The second-order valence-electron chi connectivity index (χ2n) is 10.3. The highest BCUT2D eigenvalue weighted by Crippen LogP contribution is 2.43. The van der Waals surface area contributed by atoms with Gasteiger partial charge in [0.2, 0.25) is 5.90 Å². The minimum absolute atomic E-state index is 0.0532. The normalized spacial score (nSPS) is 17.2. The number of amides is 1. The van der Waals surface area contributed by atoms with Crippen LogP contribution in [0.2, 0.25) is 0 Å². The van der Waals surface area contributed by atoms with E-state index in [1.165, 1.54) is 0 Å². The molecule has 1 aliphatic rings. The number of hydrogen-bond donors (Lipinski definition) is 3. The maximum atomic E-state index is 14.3. The van der Waals surface area contributed by atoms with Crippen molar-refractivity contribution in [3.63, 3.8) is 0 Å². The molecule has 0 spiro atoms. The topological polar surface area (TPSA) is 141 Å². The van der Waals surface area contributed by atoms with E-state index < -0.39 is 11.6 Å². The van der Waals surface area contributed by atoms with Crippen LogP contribution in [0, 0.1) is 0 Å². The van der Waals surface area contributed by atoms with Gasteiger partial charge in [0, 0.05) is 42.2 Å². The number of hydrogen-bond acceptors (Lipinski definition) is 7. The van der Waals surface area contributed by atoms with Gasteiger partial charge in [-0.1, -0.05) is 90.0 Å². The third-order valence-electron chi connectivity index (χ3n) is 7.32. The number of nitrogens with one attached hydrogen (secondary N) is 2. The maximum absolute atomic E-state index is 14.3. The zero-order valence-corrected chi connectivity index (χ0v) is 24.2. The molecule has 0 saturated carbocycles. The van der Waals surface area contributed by atoms with E-state index >= 15 is 0 Å². The zero-order chi connectivity index (χ0) is 30.6. The molecule has 0 unspecified atom stereocenters. The Balaban J connectivity index is 1.51. The summed E-state index contributed by atoms with van der Waals surface area (Å²) in [4.78, 5) is 22.3. The smallest absolute Gasteiger partial charge is 0.266 e. The quantitative estimate of drug-likeness (QED) is 0.0564. The fraction of sp³-hybridized carbons (Fsp3) is 0.235. The molecular formula is C34H34N6O4. The largest absolute Gasteiger partial charge is 0.494 e. The lowest BCUT2D eigenvalue weighted by molar-refractivity contribution is -0.130. The van der Waals surface area contributed by atoms with E-state index in [2.05, 4.69) is 20.9 Å². The van der Waals surface area contributed by atoms with E-state index in [1.807, 2.05) is 84.9 Å². The molecule has 0 aliphatic carbocycles. The number of carbonyl (C=O) groups excluding carboxylic acids is 1. The van der Waals surface area contributed by atoms with Crippen molar-refractivity contribution >= 4 is 17.5 Å². The Bertz CT molecular complexity index is 1610. The number of aliphatic hydroxyl groups is 1. The van der Waals surface area contributed by atoms with E-state index in [9.17, 15) is 10.3 Å². The number of rotatable bonds is 14. The lowest BCUT2D eigenvalue weighted by Gasteiger charge is -2.31. The molecule has 5 rings (SSSR count). The highest BCUT2D eigenvalue weighted by molar-refractivity contribution is 6.01. The summed E-state index contributed by atoms with van der Waals surface area (Å²) in [6.45, 7) is 0.957. The van der Waals surface area contributed by atoms with Gasteiger partial charge in [-0.2, -0.15) is 0 Å². The second kappa shape index (κ2) is 14.8. The minimum atomic E-state index is -1.45. The Labute approximate surface area is 256 Å². The van der Waals surface area contributed by atoms with E-state index in [0.29, 0.717) is 54.5 Å². The van der Waals surface area contributed by atoms with E-state index in [0.717, 1.165) is 11.1 Å². The van der Waals surface area contributed by atoms with Gasteiger partial charge in [-0.15, -0.1) is 0 Å². The molecule has 0 radical (unpaired) electrons. The van der Waals surface area contributed by atoms with Gasteiger partial charge in [0.05, 0.1) is 6.61 Å². The van der Waals surface area contributed by atoms with Crippen molar-refractivity contribution in [3.8, 4) is 5.75 Å². The minimum Gasteiger partial charge on any atom is -0.494 e. The molecule has 0 bridgehead atoms. The van der Waals surface area contributed by atoms with Crippen LogP contribution in [0.4, 0.5) is 5.69 Å². The zero-order valence-electron chi connectivity index (χ0n) is 24.2. The van der Waals surface area contributed by atoms with Crippen LogP contribution in [-0.2, 0) is 22.4 Å². The summed E-state index contributed by atoms with van der Waals surface area (Å²) in [7, 11) is 0. The number of carbonyl (C=O) groups is 1. The fourth-order valence-electron chi connectivity index (χ4n) is 5.11. The highest BCUT2D eigenvalue weighted by Gasteiger charge is 2.53. The number of aliphatic hydroxyl groups excluding tert-OH is 1. The van der Waals surface area contributed by atoms with Crippen LogP contribution >= 0.6 is 0 Å². The van der Waals surface area contributed by atoms with Gasteiger partial charge >= 0.3 is 0 Å². The molecule has 2 atom stereocenters. The average Bonchev–Trinajstić information content (AvgIpc) is 3.46. The molecule has 10 nitrogen and oxygen atoms in total. The molecule has 224 valence electrons. The first-order chi connectivity index (χ1) is 21.6. The van der Waals surface area contributed by atoms with Crippen LogP contribution in [0.15, 0.2) is 119 Å². The molecule has 0 fully saturated rings. The number of hydrazine groups is 1. The van der Waals surface area contributed by atoms with Crippen LogP contribution in [0.1, 0.15) is 34.8 Å². The van der Waals surface area contributed by atoms with Crippen LogP contribution in [-0.4, -0.2) is 42.2 Å². The van der Waals surface area contributed by atoms with E-state index in [1.54, 1.807) is 24.3 Å². The first kappa shape index (κ1) is 30.3. The lowest BCUT2D eigenvalue weighted by atomic mass is 9.81. The molecular weight excluding hydrogens is 556 g/mol. The van der Waals surface area contributed by atoms with Gasteiger partial charge in [0.1, 0.15) is 5.75 Å². The standard InChI is InChI=1S/C34H34N6O4/c35-40-38-30-15-8-7-14-28(30)24-34(33(42)39-36-21-20-25-10-3-1-4-11-25)31(26-12-5-2-6-13-26)44-32(37-34)27-16-18-29(19-17-27)43-23-9-22-41/h1-8,10-19,31,36,41H,9,20-24H2,(H,39,42)/t31-,34-/m0/s1. The van der Waals surface area contributed by atoms with Crippen LogP contribution in [0.25, 0.3) is 10.4 Å². The predicted molar refractivity (Wildman–Crippen MR) is 168 cm³/mol. The third kappa shape index (κ3) is 7.25. The van der Waals surface area contributed by atoms with Crippen molar-refractivity contribution in [2.24, 2.45) is 10.1 Å². The fourth-order valence-corrected chi connectivity index (χ4v) is 5.11. The first-order valence-corrected chi connectivity index (χ1v) is 14.5. The summed E-state index contributed by atoms with van der Waals surface area (Å²) < 4.78 is 12.2. The number of azide groups is 1. The van der Waals surface area contributed by atoms with Crippen molar-refractivity contribution in [1.82, 2.24) is 10.9 Å². The summed E-state index contributed by atoms with van der Waals surface area (Å²) in [6, 6.07) is 33.9. The summed E-state index contributed by atoms with van der Waals surface area (Å²) in [5, 5.41) is 12.9. The van der Waals surface area contributed by atoms with Gasteiger partial charge in [-0.3, -0.25) is 10.2 Å². The van der Waals surface area contributed by atoms with Crippen LogP contribution in [0.3, 0.4) is 0 Å². The van der Waals surface area contributed by atoms with Crippen LogP contribution < -0.4 is 15.6 Å².